The third-order valence-electron chi connectivity index (χ3n) is 7.14. The molecule has 0 amide bonds. The molecule has 0 aliphatic heterocycles. The van der Waals surface area contributed by atoms with Crippen LogP contribution in [0.2, 0.25) is 5.02 Å². The summed E-state index contributed by atoms with van der Waals surface area (Å²) >= 11 is 6.23. The molecule has 4 aromatic rings. The Labute approximate surface area is 249 Å². The first-order valence-electron chi connectivity index (χ1n) is 14.1. The minimum Gasteiger partial charge on any atom is -0.370 e. The van der Waals surface area contributed by atoms with Crippen LogP contribution in [-0.2, 0) is 13.0 Å². The molecule has 0 aliphatic rings. The lowest BCUT2D eigenvalue weighted by Crippen LogP contribution is -2.37. The number of aryl methyl sites for hydroxylation is 1. The summed E-state index contributed by atoms with van der Waals surface area (Å²) in [6.07, 6.45) is 5.73. The van der Waals surface area contributed by atoms with Gasteiger partial charge in [0.05, 0.1) is 16.4 Å². The molecule has 0 saturated heterocycles. The number of aromatic nitrogens is 3. The van der Waals surface area contributed by atoms with Gasteiger partial charge in [-0.2, -0.15) is 4.98 Å². The van der Waals surface area contributed by atoms with Crippen LogP contribution in [0.25, 0.3) is 28.0 Å². The van der Waals surface area contributed by atoms with Crippen molar-refractivity contribution in [1.82, 2.24) is 25.2 Å². The zero-order chi connectivity index (χ0) is 30.2. The van der Waals surface area contributed by atoms with Gasteiger partial charge in [-0.05, 0) is 87.0 Å². The average molecular weight is 596 g/mol. The Morgan fingerprint density at radius 3 is 2.62 bits per heavy atom. The van der Waals surface area contributed by atoms with Gasteiger partial charge in [-0.25, -0.2) is 9.18 Å². The Hall–Kier alpha value is -3.77. The van der Waals surface area contributed by atoms with Crippen molar-refractivity contribution in [3.8, 4) is 16.9 Å². The summed E-state index contributed by atoms with van der Waals surface area (Å²) in [5.74, 6) is -0.576. The minimum absolute atomic E-state index is 0.0474. The van der Waals surface area contributed by atoms with Crippen LogP contribution in [-0.4, -0.2) is 45.7 Å². The molecule has 0 spiro atoms. The topological polar surface area (TPSA) is 177 Å². The van der Waals surface area contributed by atoms with E-state index in [2.05, 4.69) is 20.6 Å². The number of H-pyrrole nitrogens is 1. The van der Waals surface area contributed by atoms with E-state index < -0.39 is 11.5 Å². The van der Waals surface area contributed by atoms with Gasteiger partial charge < -0.3 is 32.8 Å². The van der Waals surface area contributed by atoms with Gasteiger partial charge in [0.25, 0.3) is 0 Å². The number of nitrogens with zero attached hydrogens (tertiary/aromatic N) is 2. The molecule has 224 valence electrons. The lowest BCUT2D eigenvalue weighted by molar-refractivity contribution is 0.454. The molecule has 0 radical (unpaired) electrons. The molecule has 42 heavy (non-hydrogen) atoms. The third-order valence-corrected chi connectivity index (χ3v) is 7.42. The van der Waals surface area contributed by atoms with Crippen LogP contribution >= 0.6 is 11.6 Å². The zero-order valence-corrected chi connectivity index (χ0v) is 24.5. The highest BCUT2D eigenvalue weighted by atomic mass is 35.5. The van der Waals surface area contributed by atoms with Crippen LogP contribution in [0.5, 0.6) is 0 Å². The third kappa shape index (κ3) is 8.16. The van der Waals surface area contributed by atoms with Crippen LogP contribution in [0, 0.1) is 11.2 Å². The normalized spacial score (nSPS) is 12.9. The molecule has 0 saturated carbocycles. The highest BCUT2D eigenvalue weighted by Gasteiger charge is 2.16. The number of benzene rings is 2. The van der Waals surface area contributed by atoms with Gasteiger partial charge in [0.15, 0.2) is 11.8 Å². The van der Waals surface area contributed by atoms with E-state index in [4.69, 9.17) is 34.2 Å². The van der Waals surface area contributed by atoms with Gasteiger partial charge >= 0.3 is 5.69 Å². The van der Waals surface area contributed by atoms with E-state index in [0.29, 0.717) is 47.6 Å². The van der Waals surface area contributed by atoms with Crippen LogP contribution in [0.3, 0.4) is 0 Å². The SMILES string of the molecule is C[C@H](N)CCCc1cc(Cl)c(F)c(-c2cc3cn(-c4ccc(CN[C@@H](CCN)CCNC(=N)N)cc4)c(=O)nc3[nH]2)c1. The number of guanidine groups is 1. The summed E-state index contributed by atoms with van der Waals surface area (Å²) in [7, 11) is 0. The molecule has 2 heterocycles. The second kappa shape index (κ2) is 14.4. The maximum Gasteiger partial charge on any atom is 0.354 e. The predicted octanol–water partition coefficient (Wildman–Crippen LogP) is 3.52. The molecule has 0 unspecified atom stereocenters. The first-order valence-corrected chi connectivity index (χ1v) is 14.5. The summed E-state index contributed by atoms with van der Waals surface area (Å²) in [6.45, 7) is 3.72. The molecular weight excluding hydrogens is 557 g/mol. The second-order valence-corrected chi connectivity index (χ2v) is 11.0. The van der Waals surface area contributed by atoms with Crippen LogP contribution in [0.1, 0.15) is 43.7 Å². The Morgan fingerprint density at radius 1 is 1.17 bits per heavy atom. The number of fused-ring (bicyclic) bond motifs is 1. The van der Waals surface area contributed by atoms with Gasteiger partial charge in [-0.3, -0.25) is 9.98 Å². The maximum absolute atomic E-state index is 15.1. The van der Waals surface area contributed by atoms with E-state index in [1.807, 2.05) is 31.2 Å². The molecule has 0 aliphatic carbocycles. The quantitative estimate of drug-likeness (QED) is 0.0861. The largest absolute Gasteiger partial charge is 0.370 e. The molecule has 10 N–H and O–H groups in total. The van der Waals surface area contributed by atoms with E-state index in [1.165, 1.54) is 4.57 Å². The van der Waals surface area contributed by atoms with Gasteiger partial charge in [0.2, 0.25) is 0 Å². The molecular formula is C30H39ClFN9O. The van der Waals surface area contributed by atoms with E-state index in [9.17, 15) is 4.79 Å². The zero-order valence-electron chi connectivity index (χ0n) is 23.7. The molecule has 2 aromatic heterocycles. The van der Waals surface area contributed by atoms with Gasteiger partial charge in [-0.1, -0.05) is 23.7 Å². The van der Waals surface area contributed by atoms with E-state index in [-0.39, 0.29) is 23.1 Å². The van der Waals surface area contributed by atoms with E-state index in [1.54, 1.807) is 24.4 Å². The number of rotatable bonds is 14. The standard InChI is InChI=1S/C30H39ClFN9O/c1-18(34)3-2-4-20-13-24(27(32)25(31)14-20)26-15-21-17-41(30(42)40-28(21)39-26)23-7-5-19(6-8-23)16-38-22(9-11-33)10-12-37-29(35)36/h5-8,13-15,17-18,22,38H,2-4,9-12,16,33-34H2,1H3,(H4,35,36,37)(H,39,40,42)/t18-,22-/m0/s1. The van der Waals surface area contributed by atoms with Crippen LogP contribution < -0.4 is 33.5 Å². The Bertz CT molecular complexity index is 1570. The molecule has 2 atom stereocenters. The Balaban J connectivity index is 1.51. The monoisotopic (exact) mass is 595 g/mol. The lowest BCUT2D eigenvalue weighted by atomic mass is 10.0. The lowest BCUT2D eigenvalue weighted by Gasteiger charge is -2.18. The number of nitrogens with two attached hydrogens (primary N) is 3. The molecule has 0 bridgehead atoms. The molecule has 0 fully saturated rings. The molecule has 4 rings (SSSR count). The smallest absolute Gasteiger partial charge is 0.354 e. The van der Waals surface area contributed by atoms with Crippen molar-refractivity contribution in [3.63, 3.8) is 0 Å². The van der Waals surface area contributed by atoms with E-state index in [0.717, 1.165) is 43.2 Å². The number of hydrogen-bond acceptors (Lipinski definition) is 6. The fraction of sp³-hybridized carbons (Fsp3) is 0.367. The highest BCUT2D eigenvalue weighted by Crippen LogP contribution is 2.31. The average Bonchev–Trinajstić information content (AvgIpc) is 3.35. The van der Waals surface area contributed by atoms with Crippen molar-refractivity contribution >= 4 is 28.6 Å². The summed E-state index contributed by atoms with van der Waals surface area (Å²) in [5.41, 5.74) is 20.3. The number of halogens is 2. The Kier molecular flexibility index (Phi) is 10.7. The van der Waals surface area contributed by atoms with Crippen molar-refractivity contribution < 1.29 is 4.39 Å². The summed E-state index contributed by atoms with van der Waals surface area (Å²) in [4.78, 5) is 20.2. The van der Waals surface area contributed by atoms with Gasteiger partial charge in [0.1, 0.15) is 5.65 Å². The van der Waals surface area contributed by atoms with Crippen molar-refractivity contribution in [3.05, 3.63) is 81.1 Å². The van der Waals surface area contributed by atoms with Crippen molar-refractivity contribution in [1.29, 1.82) is 5.41 Å². The van der Waals surface area contributed by atoms with Crippen molar-refractivity contribution in [2.45, 2.75) is 57.7 Å². The van der Waals surface area contributed by atoms with E-state index >= 15 is 4.39 Å². The summed E-state index contributed by atoms with van der Waals surface area (Å²) in [6, 6.07) is 13.1. The van der Waals surface area contributed by atoms with Gasteiger partial charge in [-0.15, -0.1) is 0 Å². The minimum atomic E-state index is -0.526. The summed E-state index contributed by atoms with van der Waals surface area (Å²) < 4.78 is 16.5. The Morgan fingerprint density at radius 2 is 1.93 bits per heavy atom. The first-order chi connectivity index (χ1) is 20.1. The molecule has 12 heteroatoms. The molecule has 10 nitrogen and oxygen atoms in total. The number of aromatic amines is 1. The van der Waals surface area contributed by atoms with Crippen molar-refractivity contribution in [2.75, 3.05) is 13.1 Å². The van der Waals surface area contributed by atoms with Crippen LogP contribution in [0.4, 0.5) is 4.39 Å². The highest BCUT2D eigenvalue weighted by molar-refractivity contribution is 6.31. The fourth-order valence-corrected chi connectivity index (χ4v) is 5.15. The fourth-order valence-electron chi connectivity index (χ4n) is 4.91. The van der Waals surface area contributed by atoms with Gasteiger partial charge in [0, 0.05) is 42.3 Å². The maximum atomic E-state index is 15.1. The number of nitrogens with one attached hydrogen (secondary N) is 4. The summed E-state index contributed by atoms with van der Waals surface area (Å²) in [5, 5.41) is 14.3. The predicted molar refractivity (Wildman–Crippen MR) is 168 cm³/mol. The molecule has 2 aromatic carbocycles. The van der Waals surface area contributed by atoms with Crippen LogP contribution in [0.15, 0.2) is 53.5 Å². The number of hydrogen-bond donors (Lipinski definition) is 7. The van der Waals surface area contributed by atoms with Crippen molar-refractivity contribution in [2.24, 2.45) is 17.2 Å². The first kappa shape index (κ1) is 31.2. The second-order valence-electron chi connectivity index (χ2n) is 10.6.